The number of nitrogens with zero attached hydrogens (tertiary/aromatic N) is 1. The fraction of sp³-hybridized carbons (Fsp3) is 0.176. The highest BCUT2D eigenvalue weighted by atomic mass is 32.1. The van der Waals surface area contributed by atoms with Crippen LogP contribution in [0.4, 0.5) is 13.2 Å². The molecule has 0 saturated carbocycles. The first-order chi connectivity index (χ1) is 12.4. The third-order valence-electron chi connectivity index (χ3n) is 3.26. The van der Waals surface area contributed by atoms with Crippen LogP contribution in [0.3, 0.4) is 0 Å². The van der Waals surface area contributed by atoms with Crippen molar-refractivity contribution in [3.05, 3.63) is 57.7 Å². The molecule has 2 aromatic heterocycles. The summed E-state index contributed by atoms with van der Waals surface area (Å²) in [7, 11) is 0. The number of halogens is 3. The summed E-state index contributed by atoms with van der Waals surface area (Å²) in [6.07, 6.45) is -2.91. The van der Waals surface area contributed by atoms with Gasteiger partial charge in [0.1, 0.15) is 10.8 Å². The maximum Gasteiger partial charge on any atom is 0.573 e. The number of thiophene rings is 1. The van der Waals surface area contributed by atoms with Crippen LogP contribution < -0.4 is 10.1 Å². The van der Waals surface area contributed by atoms with Crippen LogP contribution in [-0.4, -0.2) is 17.3 Å². The maximum absolute atomic E-state index is 12.2. The summed E-state index contributed by atoms with van der Waals surface area (Å²) in [5.74, 6) is -0.395. The zero-order valence-corrected chi connectivity index (χ0v) is 14.9. The number of amides is 1. The van der Waals surface area contributed by atoms with Crippen molar-refractivity contribution in [2.45, 2.75) is 19.3 Å². The molecule has 0 spiro atoms. The van der Waals surface area contributed by atoms with Gasteiger partial charge in [0.05, 0.1) is 13.0 Å². The molecule has 1 N–H and O–H groups in total. The zero-order chi connectivity index (χ0) is 18.6. The molecule has 4 nitrogen and oxygen atoms in total. The van der Waals surface area contributed by atoms with E-state index in [4.69, 9.17) is 0 Å². The first-order valence-electron chi connectivity index (χ1n) is 7.49. The maximum atomic E-state index is 12.2. The zero-order valence-electron chi connectivity index (χ0n) is 13.2. The average molecular weight is 398 g/mol. The number of benzene rings is 1. The molecule has 0 fully saturated rings. The second kappa shape index (κ2) is 7.88. The lowest BCUT2D eigenvalue weighted by atomic mass is 10.2. The molecule has 0 aliphatic rings. The van der Waals surface area contributed by atoms with Crippen molar-refractivity contribution < 1.29 is 22.7 Å². The van der Waals surface area contributed by atoms with Gasteiger partial charge in [-0.2, -0.15) is 0 Å². The molecule has 26 heavy (non-hydrogen) atoms. The molecule has 0 atom stereocenters. The number of alkyl halides is 3. The largest absolute Gasteiger partial charge is 0.573 e. The highest BCUT2D eigenvalue weighted by Crippen LogP contribution is 2.29. The summed E-state index contributed by atoms with van der Waals surface area (Å²) in [5, 5.41) is 5.41. The SMILES string of the molecule is O=C(Cc1cnc(-c2ccc(OC(F)(F)F)cc2)s1)NCc1cccs1. The molecular formula is C17H13F3N2O2S2. The van der Waals surface area contributed by atoms with Crippen molar-refractivity contribution in [2.24, 2.45) is 0 Å². The predicted molar refractivity (Wildman–Crippen MR) is 94.1 cm³/mol. The highest BCUT2D eigenvalue weighted by Gasteiger charge is 2.31. The Hall–Kier alpha value is -2.39. The number of hydrogen-bond acceptors (Lipinski definition) is 5. The van der Waals surface area contributed by atoms with E-state index in [1.807, 2.05) is 17.5 Å². The third-order valence-corrected chi connectivity index (χ3v) is 5.19. The molecule has 1 aromatic carbocycles. The average Bonchev–Trinajstić information content (AvgIpc) is 3.24. The number of nitrogens with one attached hydrogen (secondary N) is 1. The smallest absolute Gasteiger partial charge is 0.406 e. The Morgan fingerprint density at radius 3 is 2.58 bits per heavy atom. The van der Waals surface area contributed by atoms with Gasteiger partial charge in [0.2, 0.25) is 5.91 Å². The van der Waals surface area contributed by atoms with Crippen molar-refractivity contribution >= 4 is 28.6 Å². The standard InChI is InChI=1S/C17H13F3N2O2S2/c18-17(19,20)24-12-5-3-11(4-6-12)16-22-10-14(26-16)8-15(23)21-9-13-2-1-7-25-13/h1-7,10H,8-9H2,(H,21,23). The third kappa shape index (κ3) is 5.30. The van der Waals surface area contributed by atoms with Crippen LogP contribution in [-0.2, 0) is 17.8 Å². The van der Waals surface area contributed by atoms with Gasteiger partial charge in [0, 0.05) is 21.5 Å². The van der Waals surface area contributed by atoms with E-state index in [-0.39, 0.29) is 18.1 Å². The lowest BCUT2D eigenvalue weighted by Gasteiger charge is -2.08. The van der Waals surface area contributed by atoms with Crippen LogP contribution in [0, 0.1) is 0 Å². The summed E-state index contributed by atoms with van der Waals surface area (Å²) in [6, 6.07) is 9.34. The van der Waals surface area contributed by atoms with Gasteiger partial charge in [-0.05, 0) is 35.7 Å². The van der Waals surface area contributed by atoms with Crippen LogP contribution in [0.5, 0.6) is 5.75 Å². The summed E-state index contributed by atoms with van der Waals surface area (Å²) in [5.41, 5.74) is 0.662. The van der Waals surface area contributed by atoms with E-state index in [1.165, 1.54) is 35.6 Å². The molecular weight excluding hydrogens is 385 g/mol. The van der Waals surface area contributed by atoms with Gasteiger partial charge in [-0.3, -0.25) is 4.79 Å². The number of carbonyl (C=O) groups is 1. The molecule has 9 heteroatoms. The Balaban J connectivity index is 1.57. The Bertz CT molecular complexity index is 859. The monoisotopic (exact) mass is 398 g/mol. The van der Waals surface area contributed by atoms with E-state index in [2.05, 4.69) is 15.0 Å². The molecule has 0 saturated heterocycles. The van der Waals surface area contributed by atoms with Gasteiger partial charge in [-0.25, -0.2) is 4.98 Å². The van der Waals surface area contributed by atoms with E-state index in [0.717, 1.165) is 9.75 Å². The van der Waals surface area contributed by atoms with Gasteiger partial charge in [0.25, 0.3) is 0 Å². The van der Waals surface area contributed by atoms with Crippen molar-refractivity contribution in [3.63, 3.8) is 0 Å². The van der Waals surface area contributed by atoms with E-state index in [1.54, 1.807) is 17.5 Å². The van der Waals surface area contributed by atoms with Crippen molar-refractivity contribution in [1.82, 2.24) is 10.3 Å². The van der Waals surface area contributed by atoms with Crippen LogP contribution in [0.2, 0.25) is 0 Å². The van der Waals surface area contributed by atoms with Gasteiger partial charge in [-0.1, -0.05) is 6.07 Å². The minimum atomic E-state index is -4.72. The fourth-order valence-electron chi connectivity index (χ4n) is 2.14. The number of thiazole rings is 1. The summed E-state index contributed by atoms with van der Waals surface area (Å²) in [6.45, 7) is 0.489. The highest BCUT2D eigenvalue weighted by molar-refractivity contribution is 7.15. The lowest BCUT2D eigenvalue weighted by molar-refractivity contribution is -0.274. The molecule has 0 aliphatic heterocycles. The Kier molecular flexibility index (Phi) is 5.58. The summed E-state index contributed by atoms with van der Waals surface area (Å²) < 4.78 is 40.4. The van der Waals surface area contributed by atoms with Crippen LogP contribution in [0.15, 0.2) is 48.0 Å². The second-order valence-corrected chi connectivity index (χ2v) is 7.38. The topological polar surface area (TPSA) is 51.2 Å². The molecule has 0 radical (unpaired) electrons. The second-order valence-electron chi connectivity index (χ2n) is 5.24. The molecule has 3 aromatic rings. The predicted octanol–water partition coefficient (Wildman–Crippen LogP) is 4.63. The Morgan fingerprint density at radius 1 is 1.15 bits per heavy atom. The molecule has 1 amide bonds. The quantitative estimate of drug-likeness (QED) is 0.659. The van der Waals surface area contributed by atoms with E-state index < -0.39 is 6.36 Å². The normalized spacial score (nSPS) is 11.3. The van der Waals surface area contributed by atoms with Crippen LogP contribution >= 0.6 is 22.7 Å². The molecule has 3 rings (SSSR count). The Labute approximate surface area is 155 Å². The first kappa shape index (κ1) is 18.4. The summed E-state index contributed by atoms with van der Waals surface area (Å²) in [4.78, 5) is 18.1. The summed E-state index contributed by atoms with van der Waals surface area (Å²) >= 11 is 2.90. The van der Waals surface area contributed by atoms with E-state index in [0.29, 0.717) is 17.1 Å². The van der Waals surface area contributed by atoms with Crippen LogP contribution in [0.25, 0.3) is 10.6 Å². The minimum absolute atomic E-state index is 0.109. The number of aromatic nitrogens is 1. The van der Waals surface area contributed by atoms with Crippen molar-refractivity contribution in [2.75, 3.05) is 0 Å². The minimum Gasteiger partial charge on any atom is -0.406 e. The molecule has 0 aliphatic carbocycles. The van der Waals surface area contributed by atoms with Gasteiger partial charge in [0.15, 0.2) is 0 Å². The van der Waals surface area contributed by atoms with E-state index >= 15 is 0 Å². The lowest BCUT2D eigenvalue weighted by Crippen LogP contribution is -2.23. The molecule has 136 valence electrons. The molecule has 2 heterocycles. The van der Waals surface area contributed by atoms with Gasteiger partial charge >= 0.3 is 6.36 Å². The Morgan fingerprint density at radius 2 is 1.92 bits per heavy atom. The number of rotatable bonds is 6. The first-order valence-corrected chi connectivity index (χ1v) is 9.18. The molecule has 0 unspecified atom stereocenters. The number of carbonyl (C=O) groups excluding carboxylic acids is 1. The van der Waals surface area contributed by atoms with Crippen molar-refractivity contribution in [1.29, 1.82) is 0 Å². The van der Waals surface area contributed by atoms with Gasteiger partial charge < -0.3 is 10.1 Å². The van der Waals surface area contributed by atoms with Crippen LogP contribution in [0.1, 0.15) is 9.75 Å². The number of ether oxygens (including phenoxy) is 1. The van der Waals surface area contributed by atoms with Gasteiger partial charge in [-0.15, -0.1) is 35.8 Å². The van der Waals surface area contributed by atoms with E-state index in [9.17, 15) is 18.0 Å². The molecule has 0 bridgehead atoms. The fourth-order valence-corrected chi connectivity index (χ4v) is 3.70. The van der Waals surface area contributed by atoms with Crippen molar-refractivity contribution in [3.8, 4) is 16.3 Å². The number of hydrogen-bond donors (Lipinski definition) is 1.